The lowest BCUT2D eigenvalue weighted by Crippen LogP contribution is -2.27. The van der Waals surface area contributed by atoms with Gasteiger partial charge < -0.3 is 4.74 Å². The molecule has 0 atom stereocenters. The van der Waals surface area contributed by atoms with E-state index in [-0.39, 0.29) is 5.60 Å². The molecule has 0 unspecified atom stereocenters. The van der Waals surface area contributed by atoms with Crippen molar-refractivity contribution in [3.63, 3.8) is 0 Å². The van der Waals surface area contributed by atoms with E-state index in [0.717, 1.165) is 5.75 Å². The third kappa shape index (κ3) is 2.51. The van der Waals surface area contributed by atoms with Crippen LogP contribution in [0.15, 0.2) is 36.4 Å². The summed E-state index contributed by atoms with van der Waals surface area (Å²) in [7, 11) is 0. The summed E-state index contributed by atoms with van der Waals surface area (Å²) >= 11 is 0. The van der Waals surface area contributed by atoms with Crippen molar-refractivity contribution in [3.05, 3.63) is 47.5 Å². The van der Waals surface area contributed by atoms with Crippen molar-refractivity contribution in [2.45, 2.75) is 40.2 Å². The Morgan fingerprint density at radius 1 is 1.00 bits per heavy atom. The maximum Gasteiger partial charge on any atom is 0.128 e. The molecule has 0 N–H and O–H groups in total. The monoisotopic (exact) mass is 254 g/mol. The first-order valence-corrected chi connectivity index (χ1v) is 6.97. The van der Waals surface area contributed by atoms with Gasteiger partial charge in [-0.1, -0.05) is 44.2 Å². The molecule has 0 saturated heterocycles. The van der Waals surface area contributed by atoms with Crippen molar-refractivity contribution >= 4 is 16.8 Å². The SMILES string of the molecule is CC.Cc1cc2c(c3ccccc13)C=CC(C)(C)O2. The number of hydrogen-bond donors (Lipinski definition) is 0. The molecule has 1 heteroatoms. The number of aryl methyl sites for hydroxylation is 1. The highest BCUT2D eigenvalue weighted by Gasteiger charge is 2.23. The normalized spacial score (nSPS) is 15.2. The smallest absolute Gasteiger partial charge is 0.128 e. The maximum atomic E-state index is 6.02. The lowest BCUT2D eigenvalue weighted by atomic mass is 9.95. The summed E-state index contributed by atoms with van der Waals surface area (Å²) in [6.07, 6.45) is 4.30. The van der Waals surface area contributed by atoms with E-state index in [2.05, 4.69) is 63.3 Å². The van der Waals surface area contributed by atoms with E-state index in [1.807, 2.05) is 13.8 Å². The summed E-state index contributed by atoms with van der Waals surface area (Å²) < 4.78 is 6.02. The van der Waals surface area contributed by atoms with Crippen LogP contribution in [0.1, 0.15) is 38.8 Å². The van der Waals surface area contributed by atoms with Gasteiger partial charge in [0, 0.05) is 5.56 Å². The Kier molecular flexibility index (Phi) is 3.66. The Balaban J connectivity index is 0.000000637. The molecule has 0 amide bonds. The molecule has 1 nitrogen and oxygen atoms in total. The molecular formula is C18H22O. The minimum Gasteiger partial charge on any atom is -0.483 e. The van der Waals surface area contributed by atoms with E-state index in [1.165, 1.54) is 21.9 Å². The van der Waals surface area contributed by atoms with Crippen LogP contribution in [0.2, 0.25) is 0 Å². The first kappa shape index (κ1) is 13.7. The van der Waals surface area contributed by atoms with E-state index in [9.17, 15) is 0 Å². The molecule has 1 heterocycles. The van der Waals surface area contributed by atoms with E-state index in [0.29, 0.717) is 0 Å². The topological polar surface area (TPSA) is 9.23 Å². The second-order valence-electron chi connectivity index (χ2n) is 5.19. The fourth-order valence-corrected chi connectivity index (χ4v) is 2.40. The predicted molar refractivity (Wildman–Crippen MR) is 83.8 cm³/mol. The van der Waals surface area contributed by atoms with Gasteiger partial charge in [0.2, 0.25) is 0 Å². The third-order valence-electron chi connectivity index (χ3n) is 3.28. The summed E-state index contributed by atoms with van der Waals surface area (Å²) in [6.45, 7) is 10.3. The van der Waals surface area contributed by atoms with Crippen molar-refractivity contribution in [1.29, 1.82) is 0 Å². The van der Waals surface area contributed by atoms with Crippen LogP contribution in [0, 0.1) is 6.92 Å². The zero-order chi connectivity index (χ0) is 14.0. The number of fused-ring (bicyclic) bond motifs is 3. The van der Waals surface area contributed by atoms with Gasteiger partial charge in [0.05, 0.1) is 0 Å². The minimum absolute atomic E-state index is 0.206. The molecule has 19 heavy (non-hydrogen) atoms. The lowest BCUT2D eigenvalue weighted by molar-refractivity contribution is 0.159. The van der Waals surface area contributed by atoms with Crippen LogP contribution >= 0.6 is 0 Å². The summed E-state index contributed by atoms with van der Waals surface area (Å²) in [5, 5.41) is 2.58. The molecule has 1 aliphatic heterocycles. The van der Waals surface area contributed by atoms with Crippen LogP contribution in [0.25, 0.3) is 16.8 Å². The highest BCUT2D eigenvalue weighted by molar-refractivity contribution is 5.95. The Morgan fingerprint density at radius 2 is 1.63 bits per heavy atom. The van der Waals surface area contributed by atoms with E-state index >= 15 is 0 Å². The number of rotatable bonds is 0. The molecule has 0 aliphatic carbocycles. The van der Waals surface area contributed by atoms with Gasteiger partial charge in [0.25, 0.3) is 0 Å². The standard InChI is InChI=1S/C16H16O.C2H6/c1-11-10-15-14(8-9-16(2,3)17-15)13-7-5-4-6-12(11)13;1-2/h4-10H,1-3H3;1-2H3. The Morgan fingerprint density at radius 3 is 2.32 bits per heavy atom. The average molecular weight is 254 g/mol. The summed E-state index contributed by atoms with van der Waals surface area (Å²) in [6, 6.07) is 10.6. The highest BCUT2D eigenvalue weighted by Crippen LogP contribution is 2.37. The second kappa shape index (κ2) is 5.08. The molecule has 0 bridgehead atoms. The summed E-state index contributed by atoms with van der Waals surface area (Å²) in [5.41, 5.74) is 2.26. The molecule has 0 radical (unpaired) electrons. The van der Waals surface area contributed by atoms with Crippen molar-refractivity contribution in [2.75, 3.05) is 0 Å². The maximum absolute atomic E-state index is 6.02. The first-order valence-electron chi connectivity index (χ1n) is 6.97. The van der Waals surface area contributed by atoms with Gasteiger partial charge in [0.1, 0.15) is 11.4 Å². The molecule has 2 aromatic rings. The molecule has 0 saturated carbocycles. The quantitative estimate of drug-likeness (QED) is 0.615. The van der Waals surface area contributed by atoms with Crippen molar-refractivity contribution < 1.29 is 4.74 Å². The lowest BCUT2D eigenvalue weighted by Gasteiger charge is -2.29. The van der Waals surface area contributed by atoms with Crippen molar-refractivity contribution in [2.24, 2.45) is 0 Å². The van der Waals surface area contributed by atoms with Crippen LogP contribution in [0.5, 0.6) is 5.75 Å². The zero-order valence-corrected chi connectivity index (χ0v) is 12.4. The Labute approximate surface area is 115 Å². The number of hydrogen-bond acceptors (Lipinski definition) is 1. The van der Waals surface area contributed by atoms with Crippen LogP contribution in [0.4, 0.5) is 0 Å². The van der Waals surface area contributed by atoms with Gasteiger partial charge >= 0.3 is 0 Å². The van der Waals surface area contributed by atoms with Gasteiger partial charge in [-0.25, -0.2) is 0 Å². The molecule has 1 aliphatic rings. The first-order chi connectivity index (χ1) is 9.07. The number of benzene rings is 2. The van der Waals surface area contributed by atoms with Crippen LogP contribution in [0.3, 0.4) is 0 Å². The molecule has 100 valence electrons. The molecule has 2 aromatic carbocycles. The fraction of sp³-hybridized carbons (Fsp3) is 0.333. The average Bonchev–Trinajstić information content (AvgIpc) is 2.40. The highest BCUT2D eigenvalue weighted by atomic mass is 16.5. The van der Waals surface area contributed by atoms with E-state index in [1.54, 1.807) is 0 Å². The van der Waals surface area contributed by atoms with Crippen molar-refractivity contribution in [3.8, 4) is 5.75 Å². The third-order valence-corrected chi connectivity index (χ3v) is 3.28. The van der Waals surface area contributed by atoms with Gasteiger partial charge in [-0.05, 0) is 49.2 Å². The predicted octanol–water partition coefficient (Wildman–Crippen LogP) is 5.36. The fourth-order valence-electron chi connectivity index (χ4n) is 2.40. The number of ether oxygens (including phenoxy) is 1. The minimum atomic E-state index is -0.206. The van der Waals surface area contributed by atoms with E-state index < -0.39 is 0 Å². The second-order valence-corrected chi connectivity index (χ2v) is 5.19. The van der Waals surface area contributed by atoms with Crippen molar-refractivity contribution in [1.82, 2.24) is 0 Å². The van der Waals surface area contributed by atoms with Crippen LogP contribution in [-0.2, 0) is 0 Å². The molecule has 0 aromatic heterocycles. The summed E-state index contributed by atoms with van der Waals surface area (Å²) in [4.78, 5) is 0. The van der Waals surface area contributed by atoms with Crippen LogP contribution < -0.4 is 4.74 Å². The summed E-state index contributed by atoms with van der Waals surface area (Å²) in [5.74, 6) is 0.994. The Hall–Kier alpha value is -1.76. The van der Waals surface area contributed by atoms with E-state index in [4.69, 9.17) is 4.74 Å². The molecule has 0 spiro atoms. The van der Waals surface area contributed by atoms with Gasteiger partial charge in [-0.15, -0.1) is 0 Å². The van der Waals surface area contributed by atoms with Gasteiger partial charge in [-0.3, -0.25) is 0 Å². The van der Waals surface area contributed by atoms with Gasteiger partial charge in [0.15, 0.2) is 0 Å². The zero-order valence-electron chi connectivity index (χ0n) is 12.4. The molecule has 3 rings (SSSR count). The largest absolute Gasteiger partial charge is 0.483 e. The van der Waals surface area contributed by atoms with Gasteiger partial charge in [-0.2, -0.15) is 0 Å². The molecular weight excluding hydrogens is 232 g/mol. The molecule has 0 fully saturated rings. The Bertz CT molecular complexity index is 621. The van der Waals surface area contributed by atoms with Crippen LogP contribution in [-0.4, -0.2) is 5.60 Å².